The molecular weight excluding hydrogens is 396 g/mol. The molecule has 1 aliphatic rings. The molecule has 0 saturated carbocycles. The number of nitrogens with zero attached hydrogens (tertiary/aromatic N) is 1. The first-order chi connectivity index (χ1) is 14.6. The molecular formula is C24H32N2O3S. The van der Waals surface area contributed by atoms with Gasteiger partial charge in [0.1, 0.15) is 12.4 Å². The molecule has 3 rings (SSSR count). The van der Waals surface area contributed by atoms with Crippen molar-refractivity contribution >= 4 is 17.7 Å². The third kappa shape index (κ3) is 6.49. The van der Waals surface area contributed by atoms with Gasteiger partial charge >= 0.3 is 0 Å². The summed E-state index contributed by atoms with van der Waals surface area (Å²) in [5.41, 5.74) is 2.73. The molecule has 2 aromatic rings. The zero-order chi connectivity index (χ0) is 21.3. The van der Waals surface area contributed by atoms with Gasteiger partial charge in [-0.15, -0.1) is 11.8 Å². The van der Waals surface area contributed by atoms with Crippen LogP contribution in [0.1, 0.15) is 34.3 Å². The van der Waals surface area contributed by atoms with Gasteiger partial charge in [0.25, 0.3) is 5.91 Å². The van der Waals surface area contributed by atoms with E-state index >= 15 is 0 Å². The molecule has 0 spiro atoms. The third-order valence-corrected chi connectivity index (χ3v) is 6.29. The van der Waals surface area contributed by atoms with Crippen LogP contribution in [0.15, 0.2) is 47.4 Å². The number of amides is 1. The van der Waals surface area contributed by atoms with Crippen molar-refractivity contribution in [1.29, 1.82) is 0 Å². The average molecular weight is 429 g/mol. The highest BCUT2D eigenvalue weighted by atomic mass is 32.2. The Kier molecular flexibility index (Phi) is 8.61. The van der Waals surface area contributed by atoms with Gasteiger partial charge < -0.3 is 14.8 Å². The number of benzene rings is 2. The van der Waals surface area contributed by atoms with Gasteiger partial charge in [-0.2, -0.15) is 0 Å². The van der Waals surface area contributed by atoms with E-state index in [1.165, 1.54) is 0 Å². The van der Waals surface area contributed by atoms with Gasteiger partial charge in [0.15, 0.2) is 0 Å². The number of ether oxygens (including phenoxy) is 2. The second kappa shape index (κ2) is 11.4. The van der Waals surface area contributed by atoms with Crippen molar-refractivity contribution in [1.82, 2.24) is 10.2 Å². The number of aryl methyl sites for hydroxylation is 1. The van der Waals surface area contributed by atoms with Gasteiger partial charge in [0.2, 0.25) is 0 Å². The lowest BCUT2D eigenvalue weighted by Crippen LogP contribution is -2.38. The Morgan fingerprint density at radius 2 is 2.03 bits per heavy atom. The second-order valence-corrected chi connectivity index (χ2v) is 8.56. The minimum Gasteiger partial charge on any atom is -0.492 e. The maximum atomic E-state index is 12.6. The Hall–Kier alpha value is -2.02. The number of thioether (sulfide) groups is 1. The fraction of sp³-hybridized carbons (Fsp3) is 0.458. The first-order valence-corrected chi connectivity index (χ1v) is 11.7. The van der Waals surface area contributed by atoms with Crippen molar-refractivity contribution in [2.45, 2.75) is 37.2 Å². The lowest BCUT2D eigenvalue weighted by molar-refractivity contribution is 0.0392. The Morgan fingerprint density at radius 1 is 1.23 bits per heavy atom. The predicted octanol–water partition coefficient (Wildman–Crippen LogP) is 4.14. The molecule has 1 aliphatic heterocycles. The smallest absolute Gasteiger partial charge is 0.251 e. The fourth-order valence-corrected chi connectivity index (χ4v) is 4.05. The minimum atomic E-state index is -0.0483. The maximum absolute atomic E-state index is 12.6. The highest BCUT2D eigenvalue weighted by molar-refractivity contribution is 7.98. The molecule has 0 bridgehead atoms. The van der Waals surface area contributed by atoms with Crippen molar-refractivity contribution < 1.29 is 14.3 Å². The van der Waals surface area contributed by atoms with Crippen molar-refractivity contribution in [3.63, 3.8) is 0 Å². The number of nitrogens with one attached hydrogen (secondary N) is 1. The van der Waals surface area contributed by atoms with Crippen LogP contribution in [-0.2, 0) is 11.3 Å². The number of carbonyl (C=O) groups is 1. The zero-order valence-corrected chi connectivity index (χ0v) is 19.0. The predicted molar refractivity (Wildman–Crippen MR) is 123 cm³/mol. The molecule has 0 unspecified atom stereocenters. The summed E-state index contributed by atoms with van der Waals surface area (Å²) in [4.78, 5) is 16.1. The molecule has 5 nitrogen and oxygen atoms in total. The molecule has 162 valence electrons. The quantitative estimate of drug-likeness (QED) is 0.609. The summed E-state index contributed by atoms with van der Waals surface area (Å²) in [5, 5.41) is 3.03. The van der Waals surface area contributed by atoms with Crippen LogP contribution in [0.5, 0.6) is 5.75 Å². The van der Waals surface area contributed by atoms with E-state index in [1.807, 2.05) is 55.6 Å². The molecule has 0 aromatic heterocycles. The number of carbonyl (C=O) groups excluding carboxylic acids is 1. The SMILES string of the molecule is CSc1ccc(C)c(C(=O)NCc2cccc(OCCN(C)C3CCOCC3)c2)c1. The molecule has 0 radical (unpaired) electrons. The van der Waals surface area contributed by atoms with Gasteiger partial charge in [0.05, 0.1) is 0 Å². The van der Waals surface area contributed by atoms with Crippen LogP contribution in [0.25, 0.3) is 0 Å². The maximum Gasteiger partial charge on any atom is 0.251 e. The monoisotopic (exact) mass is 428 g/mol. The standard InChI is InChI=1S/C24H32N2O3S/c1-18-7-8-22(30-3)16-23(18)24(27)25-17-19-5-4-6-21(15-19)29-14-11-26(2)20-9-12-28-13-10-20/h4-8,15-16,20H,9-14,17H2,1-3H3,(H,25,27). The summed E-state index contributed by atoms with van der Waals surface area (Å²) >= 11 is 1.64. The van der Waals surface area contributed by atoms with E-state index in [0.717, 1.165) is 59.9 Å². The molecule has 30 heavy (non-hydrogen) atoms. The summed E-state index contributed by atoms with van der Waals surface area (Å²) in [7, 11) is 2.15. The van der Waals surface area contributed by atoms with Gasteiger partial charge in [0, 0.05) is 42.8 Å². The van der Waals surface area contributed by atoms with Crippen molar-refractivity contribution in [3.8, 4) is 5.75 Å². The Morgan fingerprint density at radius 3 is 2.80 bits per heavy atom. The number of hydrogen-bond acceptors (Lipinski definition) is 5. The molecule has 1 heterocycles. The lowest BCUT2D eigenvalue weighted by Gasteiger charge is -2.31. The zero-order valence-electron chi connectivity index (χ0n) is 18.1. The van der Waals surface area contributed by atoms with Crippen LogP contribution in [0.3, 0.4) is 0 Å². The fourth-order valence-electron chi connectivity index (χ4n) is 3.61. The molecule has 1 N–H and O–H groups in total. The first kappa shape index (κ1) is 22.7. The summed E-state index contributed by atoms with van der Waals surface area (Å²) in [6.45, 7) is 5.67. The van der Waals surface area contributed by atoms with E-state index < -0.39 is 0 Å². The summed E-state index contributed by atoms with van der Waals surface area (Å²) in [6.07, 6.45) is 4.19. The van der Waals surface area contributed by atoms with E-state index in [4.69, 9.17) is 9.47 Å². The van der Waals surface area contributed by atoms with Crippen LogP contribution in [0.4, 0.5) is 0 Å². The van der Waals surface area contributed by atoms with Crippen molar-refractivity contribution in [3.05, 3.63) is 59.2 Å². The van der Waals surface area contributed by atoms with Crippen LogP contribution >= 0.6 is 11.8 Å². The lowest BCUT2D eigenvalue weighted by atomic mass is 10.1. The molecule has 6 heteroatoms. The highest BCUT2D eigenvalue weighted by Gasteiger charge is 2.18. The highest BCUT2D eigenvalue weighted by Crippen LogP contribution is 2.20. The van der Waals surface area contributed by atoms with E-state index in [0.29, 0.717) is 19.2 Å². The molecule has 1 amide bonds. The van der Waals surface area contributed by atoms with Gasteiger partial charge in [-0.05, 0) is 68.5 Å². The topological polar surface area (TPSA) is 50.8 Å². The average Bonchev–Trinajstić information content (AvgIpc) is 2.78. The van der Waals surface area contributed by atoms with E-state index in [1.54, 1.807) is 11.8 Å². The largest absolute Gasteiger partial charge is 0.492 e. The van der Waals surface area contributed by atoms with Crippen LogP contribution in [0.2, 0.25) is 0 Å². The number of rotatable bonds is 9. The van der Waals surface area contributed by atoms with Gasteiger partial charge in [-0.1, -0.05) is 18.2 Å². The minimum absolute atomic E-state index is 0.0483. The van der Waals surface area contributed by atoms with E-state index in [9.17, 15) is 4.79 Å². The van der Waals surface area contributed by atoms with Crippen LogP contribution < -0.4 is 10.1 Å². The van der Waals surface area contributed by atoms with Crippen LogP contribution in [0, 0.1) is 6.92 Å². The summed E-state index contributed by atoms with van der Waals surface area (Å²) in [5.74, 6) is 0.787. The third-order valence-electron chi connectivity index (χ3n) is 5.57. The second-order valence-electron chi connectivity index (χ2n) is 7.68. The Bertz CT molecular complexity index is 837. The number of hydrogen-bond donors (Lipinski definition) is 1. The summed E-state index contributed by atoms with van der Waals surface area (Å²) in [6, 6.07) is 14.5. The van der Waals surface area contributed by atoms with E-state index in [2.05, 4.69) is 17.3 Å². The molecule has 0 aliphatic carbocycles. The van der Waals surface area contributed by atoms with Crippen molar-refractivity contribution in [2.24, 2.45) is 0 Å². The molecule has 0 atom stereocenters. The van der Waals surface area contributed by atoms with Gasteiger partial charge in [-0.25, -0.2) is 0 Å². The van der Waals surface area contributed by atoms with Crippen molar-refractivity contribution in [2.75, 3.05) is 39.7 Å². The first-order valence-electron chi connectivity index (χ1n) is 10.5. The number of likely N-dealkylation sites (N-methyl/N-ethyl adjacent to an activating group) is 1. The van der Waals surface area contributed by atoms with E-state index in [-0.39, 0.29) is 5.91 Å². The normalized spacial score (nSPS) is 14.7. The Labute approximate surface area is 184 Å². The summed E-state index contributed by atoms with van der Waals surface area (Å²) < 4.78 is 11.4. The molecule has 2 aromatic carbocycles. The molecule has 1 saturated heterocycles. The Balaban J connectivity index is 1.48. The van der Waals surface area contributed by atoms with Gasteiger partial charge in [-0.3, -0.25) is 9.69 Å². The molecule has 1 fully saturated rings. The van der Waals surface area contributed by atoms with Crippen LogP contribution in [-0.4, -0.2) is 56.5 Å².